The van der Waals surface area contributed by atoms with E-state index in [0.717, 1.165) is 5.76 Å². The Morgan fingerprint density at radius 2 is 2.17 bits per heavy atom. The van der Waals surface area contributed by atoms with Gasteiger partial charge in [0.05, 0.1) is 31.6 Å². The van der Waals surface area contributed by atoms with Crippen molar-refractivity contribution in [3.8, 4) is 0 Å². The molecular weight excluding hydrogens is 236 g/mol. The SMILES string of the molecule is CN(Cc1ccco1)C(=O)CN1CC(O)C(O)C1. The van der Waals surface area contributed by atoms with E-state index in [9.17, 15) is 15.0 Å². The molecule has 1 aliphatic heterocycles. The van der Waals surface area contributed by atoms with Gasteiger partial charge in [-0.25, -0.2) is 0 Å². The minimum Gasteiger partial charge on any atom is -0.467 e. The molecule has 1 aromatic rings. The van der Waals surface area contributed by atoms with Gasteiger partial charge in [0, 0.05) is 20.1 Å². The van der Waals surface area contributed by atoms with Crippen LogP contribution in [-0.4, -0.2) is 64.8 Å². The van der Waals surface area contributed by atoms with Crippen molar-refractivity contribution in [1.29, 1.82) is 0 Å². The van der Waals surface area contributed by atoms with Crippen molar-refractivity contribution in [3.63, 3.8) is 0 Å². The van der Waals surface area contributed by atoms with Gasteiger partial charge in [-0.05, 0) is 12.1 Å². The van der Waals surface area contributed by atoms with Crippen molar-refractivity contribution in [2.24, 2.45) is 0 Å². The lowest BCUT2D eigenvalue weighted by Crippen LogP contribution is -2.37. The van der Waals surface area contributed by atoms with E-state index in [2.05, 4.69) is 0 Å². The Kier molecular flexibility index (Phi) is 4.00. The number of aliphatic hydroxyl groups excluding tert-OH is 2. The van der Waals surface area contributed by atoms with Crippen LogP contribution in [0.1, 0.15) is 5.76 Å². The second kappa shape index (κ2) is 5.51. The van der Waals surface area contributed by atoms with Crippen LogP contribution in [0.25, 0.3) is 0 Å². The number of hydrogen-bond donors (Lipinski definition) is 2. The van der Waals surface area contributed by atoms with Gasteiger partial charge in [-0.15, -0.1) is 0 Å². The molecule has 1 aliphatic rings. The van der Waals surface area contributed by atoms with Crippen LogP contribution in [0.4, 0.5) is 0 Å². The average Bonchev–Trinajstić information content (AvgIpc) is 2.90. The highest BCUT2D eigenvalue weighted by Crippen LogP contribution is 2.10. The minimum atomic E-state index is -0.756. The monoisotopic (exact) mass is 254 g/mol. The van der Waals surface area contributed by atoms with Gasteiger partial charge in [0.1, 0.15) is 5.76 Å². The predicted octanol–water partition coefficient (Wildman–Crippen LogP) is -0.725. The van der Waals surface area contributed by atoms with Crippen LogP contribution in [0.15, 0.2) is 22.8 Å². The molecule has 6 nitrogen and oxygen atoms in total. The predicted molar refractivity (Wildman–Crippen MR) is 63.6 cm³/mol. The van der Waals surface area contributed by atoms with Gasteiger partial charge in [0.25, 0.3) is 0 Å². The van der Waals surface area contributed by atoms with Crippen molar-refractivity contribution in [3.05, 3.63) is 24.2 Å². The number of β-amino-alcohol motifs (C(OH)–C–C–N with tert-alkyl or cyclic N) is 2. The molecule has 2 rings (SSSR count). The zero-order valence-corrected chi connectivity index (χ0v) is 10.3. The number of rotatable bonds is 4. The van der Waals surface area contributed by atoms with Crippen LogP contribution in [0, 0.1) is 0 Å². The molecule has 0 aromatic carbocycles. The van der Waals surface area contributed by atoms with Crippen LogP contribution in [-0.2, 0) is 11.3 Å². The van der Waals surface area contributed by atoms with Crippen LogP contribution >= 0.6 is 0 Å². The number of nitrogens with zero attached hydrogens (tertiary/aromatic N) is 2. The molecule has 2 heterocycles. The first-order chi connectivity index (χ1) is 8.56. The van der Waals surface area contributed by atoms with E-state index < -0.39 is 12.2 Å². The summed E-state index contributed by atoms with van der Waals surface area (Å²) in [5.74, 6) is 0.667. The molecule has 2 N–H and O–H groups in total. The van der Waals surface area contributed by atoms with Gasteiger partial charge in [0.15, 0.2) is 0 Å². The second-order valence-electron chi connectivity index (χ2n) is 4.66. The van der Waals surface area contributed by atoms with E-state index in [1.807, 2.05) is 6.07 Å². The van der Waals surface area contributed by atoms with Crippen molar-refractivity contribution in [1.82, 2.24) is 9.80 Å². The van der Waals surface area contributed by atoms with Crippen LogP contribution in [0.2, 0.25) is 0 Å². The molecule has 0 saturated carbocycles. The lowest BCUT2D eigenvalue weighted by molar-refractivity contribution is -0.131. The van der Waals surface area contributed by atoms with Gasteiger partial charge < -0.3 is 19.5 Å². The molecule has 0 spiro atoms. The second-order valence-corrected chi connectivity index (χ2v) is 4.66. The zero-order valence-electron chi connectivity index (χ0n) is 10.3. The van der Waals surface area contributed by atoms with Crippen molar-refractivity contribution < 1.29 is 19.4 Å². The molecule has 1 aromatic heterocycles. The van der Waals surface area contributed by atoms with E-state index in [1.54, 1.807) is 29.2 Å². The van der Waals surface area contributed by atoms with Crippen molar-refractivity contribution in [2.75, 3.05) is 26.7 Å². The first-order valence-electron chi connectivity index (χ1n) is 5.91. The molecule has 0 aliphatic carbocycles. The Bertz CT molecular complexity index is 383. The standard InChI is InChI=1S/C12H18N2O4/c1-13(5-9-3-2-4-18-9)12(17)8-14-6-10(15)11(16)7-14/h2-4,10-11,15-16H,5-8H2,1H3. The highest BCUT2D eigenvalue weighted by molar-refractivity contribution is 5.78. The Morgan fingerprint density at radius 1 is 1.50 bits per heavy atom. The number of likely N-dealkylation sites (N-methyl/N-ethyl adjacent to an activating group) is 1. The first kappa shape index (κ1) is 13.1. The number of aliphatic hydroxyl groups is 2. The quantitative estimate of drug-likeness (QED) is 0.741. The molecule has 2 unspecified atom stereocenters. The number of likely N-dealkylation sites (tertiary alicyclic amines) is 1. The van der Waals surface area contributed by atoms with E-state index >= 15 is 0 Å². The number of amides is 1. The topological polar surface area (TPSA) is 77.2 Å². The Hall–Kier alpha value is -1.37. The first-order valence-corrected chi connectivity index (χ1v) is 5.91. The normalized spacial score (nSPS) is 24.4. The molecule has 1 amide bonds. The zero-order chi connectivity index (χ0) is 13.1. The molecule has 2 atom stereocenters. The number of carbonyl (C=O) groups is 1. The van der Waals surface area contributed by atoms with Gasteiger partial charge in [0.2, 0.25) is 5.91 Å². The molecule has 100 valence electrons. The summed E-state index contributed by atoms with van der Waals surface area (Å²) in [4.78, 5) is 15.2. The third-order valence-electron chi connectivity index (χ3n) is 3.09. The number of hydrogen-bond acceptors (Lipinski definition) is 5. The highest BCUT2D eigenvalue weighted by atomic mass is 16.3. The maximum atomic E-state index is 11.9. The fraction of sp³-hybridized carbons (Fsp3) is 0.583. The van der Waals surface area contributed by atoms with E-state index in [0.29, 0.717) is 19.6 Å². The maximum absolute atomic E-state index is 11.9. The highest BCUT2D eigenvalue weighted by Gasteiger charge is 2.31. The third kappa shape index (κ3) is 3.10. The van der Waals surface area contributed by atoms with Gasteiger partial charge in [-0.1, -0.05) is 0 Å². The largest absolute Gasteiger partial charge is 0.467 e. The van der Waals surface area contributed by atoms with Gasteiger partial charge in [-0.2, -0.15) is 0 Å². The van der Waals surface area contributed by atoms with Crippen molar-refractivity contribution in [2.45, 2.75) is 18.8 Å². The van der Waals surface area contributed by atoms with Gasteiger partial charge >= 0.3 is 0 Å². The third-order valence-corrected chi connectivity index (χ3v) is 3.09. The van der Waals surface area contributed by atoms with E-state index in [1.165, 1.54) is 0 Å². The van der Waals surface area contributed by atoms with Crippen LogP contribution < -0.4 is 0 Å². The molecular formula is C12H18N2O4. The fourth-order valence-corrected chi connectivity index (χ4v) is 2.01. The van der Waals surface area contributed by atoms with Crippen molar-refractivity contribution >= 4 is 5.91 Å². The van der Waals surface area contributed by atoms with Gasteiger partial charge in [-0.3, -0.25) is 9.69 Å². The summed E-state index contributed by atoms with van der Waals surface area (Å²) in [5.41, 5.74) is 0. The summed E-state index contributed by atoms with van der Waals surface area (Å²) in [6.07, 6.45) is 0.0576. The molecule has 1 saturated heterocycles. The summed E-state index contributed by atoms with van der Waals surface area (Å²) in [6, 6.07) is 3.59. The lowest BCUT2D eigenvalue weighted by atomic mass is 10.3. The number of carbonyl (C=O) groups excluding carboxylic acids is 1. The van der Waals surface area contributed by atoms with E-state index in [4.69, 9.17) is 4.42 Å². The molecule has 0 bridgehead atoms. The Morgan fingerprint density at radius 3 is 2.72 bits per heavy atom. The van der Waals surface area contributed by atoms with E-state index in [-0.39, 0.29) is 12.5 Å². The molecule has 0 radical (unpaired) electrons. The van der Waals surface area contributed by atoms with Crippen LogP contribution in [0.5, 0.6) is 0 Å². The summed E-state index contributed by atoms with van der Waals surface area (Å²) >= 11 is 0. The Labute approximate surface area is 105 Å². The average molecular weight is 254 g/mol. The molecule has 18 heavy (non-hydrogen) atoms. The minimum absolute atomic E-state index is 0.0623. The fourth-order valence-electron chi connectivity index (χ4n) is 2.01. The summed E-state index contributed by atoms with van der Waals surface area (Å²) < 4.78 is 5.17. The maximum Gasteiger partial charge on any atom is 0.236 e. The summed E-state index contributed by atoms with van der Waals surface area (Å²) in [6.45, 7) is 1.29. The summed E-state index contributed by atoms with van der Waals surface area (Å²) in [5, 5.41) is 18.8. The smallest absolute Gasteiger partial charge is 0.236 e. The Balaban J connectivity index is 1.81. The molecule has 6 heteroatoms. The number of furan rings is 1. The molecule has 1 fully saturated rings. The lowest BCUT2D eigenvalue weighted by Gasteiger charge is -2.20. The summed E-state index contributed by atoms with van der Waals surface area (Å²) in [7, 11) is 1.70. The van der Waals surface area contributed by atoms with Crippen LogP contribution in [0.3, 0.4) is 0 Å².